The Hall–Kier alpha value is -1.59. The van der Waals surface area contributed by atoms with E-state index in [-0.39, 0.29) is 18.9 Å². The molecule has 0 atom stereocenters. The fraction of sp³-hybridized carbons (Fsp3) is 0.625. The van der Waals surface area contributed by atoms with Crippen LogP contribution >= 0.6 is 0 Å². The first-order valence-electron chi connectivity index (χ1n) is 4.41. The number of nitrogens with zero attached hydrogens (tertiary/aromatic N) is 1. The number of amides is 2. The van der Waals surface area contributed by atoms with Crippen molar-refractivity contribution >= 4 is 18.0 Å². The number of carbonyl (C=O) groups excluding carboxylic acids is 3. The first-order valence-corrected chi connectivity index (χ1v) is 4.41. The van der Waals surface area contributed by atoms with Crippen molar-refractivity contribution in [3.63, 3.8) is 0 Å². The van der Waals surface area contributed by atoms with Gasteiger partial charge in [-0.2, -0.15) is 0 Å². The Kier molecular flexibility index (Phi) is 2.11. The maximum atomic E-state index is 11.0. The Morgan fingerprint density at radius 2 is 1.79 bits per heavy atom. The van der Waals surface area contributed by atoms with Crippen molar-refractivity contribution in [2.45, 2.75) is 31.8 Å². The lowest BCUT2D eigenvalue weighted by atomic mass is 10.4. The van der Waals surface area contributed by atoms with Crippen LogP contribution in [0.3, 0.4) is 0 Å². The van der Waals surface area contributed by atoms with Crippen LogP contribution < -0.4 is 0 Å². The van der Waals surface area contributed by atoms with Gasteiger partial charge in [0.1, 0.15) is 6.10 Å². The molecule has 0 bridgehead atoms. The third kappa shape index (κ3) is 1.84. The lowest BCUT2D eigenvalue weighted by molar-refractivity contribution is -0.177. The Labute approximate surface area is 79.7 Å². The zero-order chi connectivity index (χ0) is 10.1. The van der Waals surface area contributed by atoms with Gasteiger partial charge in [-0.15, -0.1) is 0 Å². The molecule has 1 aliphatic carbocycles. The third-order valence-electron chi connectivity index (χ3n) is 1.96. The van der Waals surface area contributed by atoms with Crippen LogP contribution in [0.15, 0.2) is 0 Å². The van der Waals surface area contributed by atoms with Crippen LogP contribution in [-0.2, 0) is 19.2 Å². The second-order valence-electron chi connectivity index (χ2n) is 3.24. The number of hydroxylamine groups is 2. The largest absolute Gasteiger partial charge is 0.534 e. The van der Waals surface area contributed by atoms with E-state index in [1.807, 2.05) is 0 Å². The van der Waals surface area contributed by atoms with Gasteiger partial charge in [0.2, 0.25) is 0 Å². The SMILES string of the molecule is O=C(OC1CC1)ON1C(=O)CCC1=O. The van der Waals surface area contributed by atoms with Crippen LogP contribution in [-0.4, -0.2) is 29.1 Å². The molecule has 0 aromatic heterocycles. The first kappa shape index (κ1) is 8.98. The van der Waals surface area contributed by atoms with Crippen molar-refractivity contribution < 1.29 is 24.0 Å². The van der Waals surface area contributed by atoms with Crippen LogP contribution in [0, 0.1) is 0 Å². The molecular formula is C8H9NO5. The molecule has 2 fully saturated rings. The zero-order valence-electron chi connectivity index (χ0n) is 7.39. The fourth-order valence-corrected chi connectivity index (χ4v) is 1.08. The summed E-state index contributed by atoms with van der Waals surface area (Å²) in [4.78, 5) is 37.4. The van der Waals surface area contributed by atoms with Gasteiger partial charge < -0.3 is 4.74 Å². The van der Waals surface area contributed by atoms with Gasteiger partial charge in [-0.05, 0) is 12.8 Å². The number of rotatable bonds is 2. The smallest absolute Gasteiger partial charge is 0.429 e. The van der Waals surface area contributed by atoms with Crippen LogP contribution in [0.1, 0.15) is 25.7 Å². The molecule has 2 aliphatic rings. The highest BCUT2D eigenvalue weighted by Gasteiger charge is 2.35. The van der Waals surface area contributed by atoms with Crippen LogP contribution in [0.2, 0.25) is 0 Å². The lowest BCUT2D eigenvalue weighted by Gasteiger charge is -2.11. The molecular weight excluding hydrogens is 190 g/mol. The summed E-state index contributed by atoms with van der Waals surface area (Å²) < 4.78 is 4.71. The maximum Gasteiger partial charge on any atom is 0.534 e. The van der Waals surface area contributed by atoms with Crippen molar-refractivity contribution in [2.75, 3.05) is 0 Å². The van der Waals surface area contributed by atoms with Crippen molar-refractivity contribution in [3.05, 3.63) is 0 Å². The molecule has 1 saturated heterocycles. The van der Waals surface area contributed by atoms with Crippen LogP contribution in [0.4, 0.5) is 4.79 Å². The monoisotopic (exact) mass is 199 g/mol. The molecule has 6 heteroatoms. The minimum atomic E-state index is -0.976. The van der Waals surface area contributed by atoms with E-state index in [9.17, 15) is 14.4 Å². The predicted octanol–water partition coefficient (Wildman–Crippen LogP) is 0.366. The molecule has 2 rings (SSSR count). The summed E-state index contributed by atoms with van der Waals surface area (Å²) in [5.41, 5.74) is 0. The highest BCUT2D eigenvalue weighted by molar-refractivity contribution is 6.01. The quantitative estimate of drug-likeness (QED) is 0.474. The average Bonchev–Trinajstić information content (AvgIpc) is 2.88. The number of imide groups is 1. The van der Waals surface area contributed by atoms with Crippen molar-refractivity contribution in [1.82, 2.24) is 5.06 Å². The van der Waals surface area contributed by atoms with E-state index in [2.05, 4.69) is 4.84 Å². The second-order valence-corrected chi connectivity index (χ2v) is 3.24. The summed E-state index contributed by atoms with van der Waals surface area (Å²) in [6.45, 7) is 0. The Balaban J connectivity index is 1.85. The Bertz CT molecular complexity index is 280. The number of ether oxygens (including phenoxy) is 1. The molecule has 0 unspecified atom stereocenters. The van der Waals surface area contributed by atoms with Gasteiger partial charge in [0.15, 0.2) is 0 Å². The van der Waals surface area contributed by atoms with E-state index in [1.54, 1.807) is 0 Å². The average molecular weight is 199 g/mol. The third-order valence-corrected chi connectivity index (χ3v) is 1.96. The van der Waals surface area contributed by atoms with Gasteiger partial charge in [0.05, 0.1) is 0 Å². The standard InChI is InChI=1S/C8H9NO5/c10-6-3-4-7(11)9(6)14-8(12)13-5-1-2-5/h5H,1-4H2. The van der Waals surface area contributed by atoms with Crippen molar-refractivity contribution in [2.24, 2.45) is 0 Å². The normalized spacial score (nSPS) is 21.3. The Morgan fingerprint density at radius 1 is 1.21 bits per heavy atom. The number of hydrogen-bond acceptors (Lipinski definition) is 5. The molecule has 1 aliphatic heterocycles. The molecule has 76 valence electrons. The van der Waals surface area contributed by atoms with Crippen molar-refractivity contribution in [1.29, 1.82) is 0 Å². The van der Waals surface area contributed by atoms with Crippen LogP contribution in [0.5, 0.6) is 0 Å². The van der Waals surface area contributed by atoms with E-state index < -0.39 is 18.0 Å². The first-order chi connectivity index (χ1) is 6.66. The van der Waals surface area contributed by atoms with Crippen molar-refractivity contribution in [3.8, 4) is 0 Å². The molecule has 0 aromatic carbocycles. The summed E-state index contributed by atoms with van der Waals surface area (Å²) in [5, 5.41) is 0.477. The summed E-state index contributed by atoms with van der Waals surface area (Å²) in [6, 6.07) is 0. The summed E-state index contributed by atoms with van der Waals surface area (Å²) in [7, 11) is 0. The van der Waals surface area contributed by atoms with E-state index in [0.717, 1.165) is 12.8 Å². The summed E-state index contributed by atoms with van der Waals surface area (Å²) in [6.07, 6.45) is 0.741. The minimum absolute atomic E-state index is 0.0928. The topological polar surface area (TPSA) is 72.9 Å². The minimum Gasteiger partial charge on any atom is -0.429 e. The molecule has 0 radical (unpaired) electrons. The number of carbonyl (C=O) groups is 3. The maximum absolute atomic E-state index is 11.0. The lowest BCUT2D eigenvalue weighted by Crippen LogP contribution is -2.32. The molecule has 1 saturated carbocycles. The molecule has 6 nitrogen and oxygen atoms in total. The van der Waals surface area contributed by atoms with E-state index >= 15 is 0 Å². The van der Waals surface area contributed by atoms with Crippen LogP contribution in [0.25, 0.3) is 0 Å². The molecule has 0 spiro atoms. The van der Waals surface area contributed by atoms with Gasteiger partial charge in [0, 0.05) is 12.8 Å². The summed E-state index contributed by atoms with van der Waals surface area (Å²) in [5.74, 6) is -0.995. The second kappa shape index (κ2) is 3.28. The van der Waals surface area contributed by atoms with Gasteiger partial charge in [-0.1, -0.05) is 5.06 Å². The highest BCUT2D eigenvalue weighted by Crippen LogP contribution is 2.24. The summed E-state index contributed by atoms with van der Waals surface area (Å²) >= 11 is 0. The van der Waals surface area contributed by atoms with Gasteiger partial charge in [-0.3, -0.25) is 14.4 Å². The molecule has 1 heterocycles. The fourth-order valence-electron chi connectivity index (χ4n) is 1.08. The predicted molar refractivity (Wildman–Crippen MR) is 41.7 cm³/mol. The zero-order valence-corrected chi connectivity index (χ0v) is 7.39. The van der Waals surface area contributed by atoms with Gasteiger partial charge in [0.25, 0.3) is 11.8 Å². The highest BCUT2D eigenvalue weighted by atomic mass is 16.8. The van der Waals surface area contributed by atoms with E-state index in [1.165, 1.54) is 0 Å². The van der Waals surface area contributed by atoms with E-state index in [4.69, 9.17) is 4.74 Å². The van der Waals surface area contributed by atoms with E-state index in [0.29, 0.717) is 5.06 Å². The number of hydrogen-bond donors (Lipinski definition) is 0. The Morgan fingerprint density at radius 3 is 2.29 bits per heavy atom. The molecule has 0 aromatic rings. The molecule has 14 heavy (non-hydrogen) atoms. The van der Waals surface area contributed by atoms with Gasteiger partial charge in [-0.25, -0.2) is 4.79 Å². The molecule has 0 N–H and O–H groups in total. The molecule has 2 amide bonds. The van der Waals surface area contributed by atoms with Gasteiger partial charge >= 0.3 is 6.16 Å².